The molecule has 1 aliphatic rings. The molecular weight excluding hydrogens is 314 g/mol. The molecule has 3 N–H and O–H groups in total. The van der Waals surface area contributed by atoms with Gasteiger partial charge < -0.3 is 16.0 Å². The van der Waals surface area contributed by atoms with E-state index in [-0.39, 0.29) is 11.8 Å². The average Bonchev–Trinajstić information content (AvgIpc) is 2.62. The largest absolute Gasteiger partial charge is 0.353 e. The third-order valence-corrected chi connectivity index (χ3v) is 3.76. The number of carbonyl (C=O) groups excluding carboxylic acids is 2. The van der Waals surface area contributed by atoms with E-state index in [0.717, 1.165) is 12.1 Å². The first kappa shape index (κ1) is 15.4. The minimum Gasteiger partial charge on any atom is -0.353 e. The number of nitrogens with one attached hydrogen (secondary N) is 3. The fraction of sp³-hybridized carbons (Fsp3) is 0.176. The van der Waals surface area contributed by atoms with Gasteiger partial charge in [0.05, 0.1) is 22.6 Å². The van der Waals surface area contributed by atoms with Crippen molar-refractivity contribution in [2.24, 2.45) is 0 Å². The van der Waals surface area contributed by atoms with E-state index < -0.39 is 0 Å². The summed E-state index contributed by atoms with van der Waals surface area (Å²) in [6.45, 7) is 1.95. The van der Waals surface area contributed by atoms with Crippen LogP contribution in [0.3, 0.4) is 0 Å². The molecule has 0 radical (unpaired) electrons. The van der Waals surface area contributed by atoms with E-state index in [4.69, 9.17) is 11.6 Å². The van der Waals surface area contributed by atoms with Crippen molar-refractivity contribution in [3.63, 3.8) is 0 Å². The van der Waals surface area contributed by atoms with Gasteiger partial charge in [-0.25, -0.2) is 0 Å². The number of benzene rings is 2. The average molecular weight is 330 g/mol. The lowest BCUT2D eigenvalue weighted by Crippen LogP contribution is -2.12. The van der Waals surface area contributed by atoms with Crippen molar-refractivity contribution in [1.29, 1.82) is 0 Å². The number of fused-ring (bicyclic) bond motifs is 2. The molecule has 3 rings (SSSR count). The molecule has 0 aliphatic carbocycles. The van der Waals surface area contributed by atoms with Gasteiger partial charge in [0.2, 0.25) is 5.91 Å². The van der Waals surface area contributed by atoms with E-state index in [1.807, 2.05) is 13.0 Å². The van der Waals surface area contributed by atoms with Crippen LogP contribution in [0, 0.1) is 0 Å². The van der Waals surface area contributed by atoms with E-state index in [1.165, 1.54) is 0 Å². The Balaban J connectivity index is 1.92. The molecule has 0 unspecified atom stereocenters. The maximum Gasteiger partial charge on any atom is 0.257 e. The van der Waals surface area contributed by atoms with Crippen molar-refractivity contribution >= 4 is 46.2 Å². The Kier molecular flexibility index (Phi) is 4.21. The third kappa shape index (κ3) is 3.29. The van der Waals surface area contributed by atoms with Crippen LogP contribution in [0.15, 0.2) is 36.4 Å². The summed E-state index contributed by atoms with van der Waals surface area (Å²) in [7, 11) is 0. The smallest absolute Gasteiger partial charge is 0.257 e. The Labute approximate surface area is 139 Å². The van der Waals surface area contributed by atoms with Gasteiger partial charge in [-0.05, 0) is 42.8 Å². The Morgan fingerprint density at radius 1 is 1.09 bits per heavy atom. The van der Waals surface area contributed by atoms with E-state index in [2.05, 4.69) is 16.0 Å². The number of carbonyl (C=O) groups is 2. The van der Waals surface area contributed by atoms with Crippen molar-refractivity contribution in [3.05, 3.63) is 47.0 Å². The standard InChI is InChI=1S/C17H16ClN3O2/c1-2-3-16(22)19-11-5-7-13-15(9-11)21-17(23)12-6-4-10(18)8-14(12)20-13/h4-9,20H,2-3H2,1H3,(H,19,22)(H,21,23). The maximum atomic E-state index is 12.3. The highest BCUT2D eigenvalue weighted by Gasteiger charge is 2.19. The van der Waals surface area contributed by atoms with Crippen LogP contribution in [0.25, 0.3) is 0 Å². The van der Waals surface area contributed by atoms with E-state index in [0.29, 0.717) is 34.1 Å². The summed E-state index contributed by atoms with van der Waals surface area (Å²) in [4.78, 5) is 24.0. The SMILES string of the molecule is CCCC(=O)Nc1ccc2c(c1)NC(=O)c1ccc(Cl)cc1N2. The summed E-state index contributed by atoms with van der Waals surface area (Å²) in [6, 6.07) is 10.4. The summed E-state index contributed by atoms with van der Waals surface area (Å²) >= 11 is 6.00. The Bertz CT molecular complexity index is 789. The first-order valence-electron chi connectivity index (χ1n) is 7.38. The van der Waals surface area contributed by atoms with Crippen LogP contribution in [-0.4, -0.2) is 11.8 Å². The molecule has 0 atom stereocenters. The normalized spacial score (nSPS) is 12.3. The van der Waals surface area contributed by atoms with Gasteiger partial charge in [-0.2, -0.15) is 0 Å². The summed E-state index contributed by atoms with van der Waals surface area (Å²) in [5.74, 6) is -0.268. The Morgan fingerprint density at radius 3 is 2.70 bits per heavy atom. The zero-order chi connectivity index (χ0) is 16.4. The van der Waals surface area contributed by atoms with E-state index in [1.54, 1.807) is 30.3 Å². The lowest BCUT2D eigenvalue weighted by atomic mass is 10.1. The second kappa shape index (κ2) is 6.30. The van der Waals surface area contributed by atoms with Crippen molar-refractivity contribution in [1.82, 2.24) is 0 Å². The van der Waals surface area contributed by atoms with Gasteiger partial charge in [0.1, 0.15) is 0 Å². The maximum absolute atomic E-state index is 12.3. The molecule has 2 amide bonds. The van der Waals surface area contributed by atoms with Crippen LogP contribution in [-0.2, 0) is 4.79 Å². The summed E-state index contributed by atoms with van der Waals surface area (Å²) < 4.78 is 0. The second-order valence-electron chi connectivity index (χ2n) is 5.33. The fourth-order valence-electron chi connectivity index (χ4n) is 2.44. The van der Waals surface area contributed by atoms with Gasteiger partial charge >= 0.3 is 0 Å². The van der Waals surface area contributed by atoms with Crippen LogP contribution in [0.2, 0.25) is 5.02 Å². The van der Waals surface area contributed by atoms with Crippen molar-refractivity contribution in [2.45, 2.75) is 19.8 Å². The number of rotatable bonds is 3. The van der Waals surface area contributed by atoms with Crippen LogP contribution in [0.4, 0.5) is 22.7 Å². The molecule has 0 saturated carbocycles. The van der Waals surface area contributed by atoms with Gasteiger partial charge in [0, 0.05) is 17.1 Å². The van der Waals surface area contributed by atoms with Crippen LogP contribution in [0.1, 0.15) is 30.1 Å². The van der Waals surface area contributed by atoms with E-state index >= 15 is 0 Å². The van der Waals surface area contributed by atoms with Gasteiger partial charge in [0.15, 0.2) is 0 Å². The molecule has 1 aliphatic heterocycles. The Hall–Kier alpha value is -2.53. The zero-order valence-corrected chi connectivity index (χ0v) is 13.3. The highest BCUT2D eigenvalue weighted by atomic mass is 35.5. The van der Waals surface area contributed by atoms with Crippen LogP contribution < -0.4 is 16.0 Å². The number of halogens is 1. The molecule has 2 aromatic rings. The molecule has 118 valence electrons. The lowest BCUT2D eigenvalue weighted by Gasteiger charge is -2.11. The molecule has 23 heavy (non-hydrogen) atoms. The highest BCUT2D eigenvalue weighted by Crippen LogP contribution is 2.34. The first-order valence-corrected chi connectivity index (χ1v) is 7.76. The quantitative estimate of drug-likeness (QED) is 0.782. The van der Waals surface area contributed by atoms with Gasteiger partial charge in [-0.3, -0.25) is 9.59 Å². The first-order chi connectivity index (χ1) is 11.1. The summed E-state index contributed by atoms with van der Waals surface area (Å²) in [5, 5.41) is 9.42. The predicted molar refractivity (Wildman–Crippen MR) is 92.7 cm³/mol. The van der Waals surface area contributed by atoms with Gasteiger partial charge in [0.25, 0.3) is 5.91 Å². The molecule has 2 aromatic carbocycles. The summed E-state index contributed by atoms with van der Waals surface area (Å²) in [5.41, 5.74) is 3.16. The molecule has 0 saturated heterocycles. The third-order valence-electron chi connectivity index (χ3n) is 3.52. The number of anilines is 4. The highest BCUT2D eigenvalue weighted by molar-refractivity contribution is 6.31. The minimum atomic E-state index is -0.222. The Morgan fingerprint density at radius 2 is 1.91 bits per heavy atom. The molecule has 5 nitrogen and oxygen atoms in total. The van der Waals surface area contributed by atoms with Crippen molar-refractivity contribution < 1.29 is 9.59 Å². The number of amides is 2. The number of hydrogen-bond donors (Lipinski definition) is 3. The molecule has 0 spiro atoms. The molecule has 6 heteroatoms. The van der Waals surface area contributed by atoms with Crippen molar-refractivity contribution in [3.8, 4) is 0 Å². The lowest BCUT2D eigenvalue weighted by molar-refractivity contribution is -0.116. The fourth-order valence-corrected chi connectivity index (χ4v) is 2.61. The molecule has 0 aromatic heterocycles. The van der Waals surface area contributed by atoms with Gasteiger partial charge in [-0.15, -0.1) is 0 Å². The van der Waals surface area contributed by atoms with Crippen LogP contribution in [0.5, 0.6) is 0 Å². The molecule has 0 fully saturated rings. The summed E-state index contributed by atoms with van der Waals surface area (Å²) in [6.07, 6.45) is 1.25. The predicted octanol–water partition coefficient (Wildman–Crippen LogP) is 4.39. The van der Waals surface area contributed by atoms with E-state index in [9.17, 15) is 9.59 Å². The van der Waals surface area contributed by atoms with Gasteiger partial charge in [-0.1, -0.05) is 18.5 Å². The zero-order valence-electron chi connectivity index (χ0n) is 12.6. The second-order valence-corrected chi connectivity index (χ2v) is 5.76. The topological polar surface area (TPSA) is 70.2 Å². The monoisotopic (exact) mass is 329 g/mol. The minimum absolute atomic E-state index is 0.0459. The molecule has 0 bridgehead atoms. The molecule has 1 heterocycles. The number of hydrogen-bond acceptors (Lipinski definition) is 3. The van der Waals surface area contributed by atoms with Crippen LogP contribution >= 0.6 is 11.6 Å². The molecular formula is C17H16ClN3O2. The van der Waals surface area contributed by atoms with Crippen molar-refractivity contribution in [2.75, 3.05) is 16.0 Å².